The van der Waals surface area contributed by atoms with Crippen LogP contribution in [0.1, 0.15) is 0 Å². The number of nitrogens with zero attached hydrogens (tertiary/aromatic N) is 2. The van der Waals surface area contributed by atoms with E-state index in [9.17, 15) is 0 Å². The Morgan fingerprint density at radius 2 is 2.13 bits per heavy atom. The minimum atomic E-state index is 0.744. The predicted octanol–water partition coefficient (Wildman–Crippen LogP) is 2.97. The molecule has 0 saturated carbocycles. The minimum absolute atomic E-state index is 0.744. The van der Waals surface area contributed by atoms with Crippen LogP contribution in [0, 0.1) is 0 Å². The highest BCUT2D eigenvalue weighted by molar-refractivity contribution is 9.10. The van der Waals surface area contributed by atoms with Crippen molar-refractivity contribution in [1.29, 1.82) is 0 Å². The number of anilines is 1. The molecule has 2 aromatic rings. The lowest BCUT2D eigenvalue weighted by Gasteiger charge is -2.04. The second-order valence-corrected chi connectivity index (χ2v) is 4.81. The van der Waals surface area contributed by atoms with Gasteiger partial charge in [-0.05, 0) is 24.3 Å². The summed E-state index contributed by atoms with van der Waals surface area (Å²) in [5.74, 6) is 0. The molecule has 0 radical (unpaired) electrons. The third-order valence-corrected chi connectivity index (χ3v) is 3.28. The van der Waals surface area contributed by atoms with Crippen molar-refractivity contribution in [1.82, 2.24) is 9.97 Å². The second kappa shape index (κ2) is 4.63. The van der Waals surface area contributed by atoms with Crippen LogP contribution >= 0.6 is 27.7 Å². The molecular weight excluding hydrogens is 274 g/mol. The molecule has 0 fully saturated rings. The van der Waals surface area contributed by atoms with Gasteiger partial charge in [0.15, 0.2) is 0 Å². The first-order valence-electron chi connectivity index (χ1n) is 4.24. The fourth-order valence-electron chi connectivity index (χ4n) is 1.06. The van der Waals surface area contributed by atoms with Gasteiger partial charge in [-0.15, -0.1) is 0 Å². The van der Waals surface area contributed by atoms with Gasteiger partial charge in [-0.1, -0.05) is 27.7 Å². The zero-order chi connectivity index (χ0) is 10.7. The average molecular weight is 282 g/mol. The van der Waals surface area contributed by atoms with Crippen molar-refractivity contribution < 1.29 is 0 Å². The Kier molecular flexibility index (Phi) is 3.23. The van der Waals surface area contributed by atoms with Gasteiger partial charge in [0.2, 0.25) is 0 Å². The lowest BCUT2D eigenvalue weighted by Crippen LogP contribution is -1.89. The smallest absolute Gasteiger partial charge is 0.116 e. The Morgan fingerprint density at radius 1 is 1.27 bits per heavy atom. The lowest BCUT2D eigenvalue weighted by atomic mass is 10.3. The fourth-order valence-corrected chi connectivity index (χ4v) is 2.21. The monoisotopic (exact) mass is 281 g/mol. The molecule has 1 aromatic heterocycles. The van der Waals surface area contributed by atoms with E-state index in [1.54, 1.807) is 6.20 Å². The zero-order valence-electron chi connectivity index (χ0n) is 7.72. The number of rotatable bonds is 2. The summed E-state index contributed by atoms with van der Waals surface area (Å²) in [5.41, 5.74) is 6.62. The molecule has 2 N–H and O–H groups in total. The number of nitrogens with two attached hydrogens (primary N) is 1. The summed E-state index contributed by atoms with van der Waals surface area (Å²) < 4.78 is 0.979. The van der Waals surface area contributed by atoms with E-state index in [-0.39, 0.29) is 0 Å². The van der Waals surface area contributed by atoms with Crippen molar-refractivity contribution in [2.75, 3.05) is 5.73 Å². The first-order chi connectivity index (χ1) is 7.25. The summed E-state index contributed by atoms with van der Waals surface area (Å²) in [6.45, 7) is 0. The van der Waals surface area contributed by atoms with Crippen LogP contribution in [0.4, 0.5) is 5.69 Å². The highest BCUT2D eigenvalue weighted by atomic mass is 79.9. The zero-order valence-corrected chi connectivity index (χ0v) is 10.1. The maximum absolute atomic E-state index is 5.87. The lowest BCUT2D eigenvalue weighted by molar-refractivity contribution is 1.05. The maximum atomic E-state index is 5.87. The SMILES string of the molecule is Nc1cc(Br)ccc1Sc1ccncn1. The molecule has 1 heterocycles. The molecule has 1 aromatic carbocycles. The molecule has 0 atom stereocenters. The van der Waals surface area contributed by atoms with Gasteiger partial charge >= 0.3 is 0 Å². The van der Waals surface area contributed by atoms with Crippen LogP contribution in [0.3, 0.4) is 0 Å². The number of halogens is 1. The predicted molar refractivity (Wildman–Crippen MR) is 64.7 cm³/mol. The highest BCUT2D eigenvalue weighted by Crippen LogP contribution is 2.31. The highest BCUT2D eigenvalue weighted by Gasteiger charge is 2.02. The van der Waals surface area contributed by atoms with Gasteiger partial charge < -0.3 is 5.73 Å². The standard InChI is InChI=1S/C10H8BrN3S/c11-7-1-2-9(8(12)5-7)15-10-3-4-13-6-14-10/h1-6H,12H2. The quantitative estimate of drug-likeness (QED) is 0.679. The molecule has 15 heavy (non-hydrogen) atoms. The Hall–Kier alpha value is -1.07. The number of benzene rings is 1. The van der Waals surface area contributed by atoms with E-state index in [2.05, 4.69) is 25.9 Å². The molecule has 5 heteroatoms. The topological polar surface area (TPSA) is 51.8 Å². The molecule has 0 unspecified atom stereocenters. The van der Waals surface area contributed by atoms with E-state index in [1.165, 1.54) is 18.1 Å². The van der Waals surface area contributed by atoms with Gasteiger partial charge in [0, 0.05) is 21.3 Å². The molecule has 3 nitrogen and oxygen atoms in total. The van der Waals surface area contributed by atoms with Gasteiger partial charge in [0.25, 0.3) is 0 Å². The Morgan fingerprint density at radius 3 is 2.80 bits per heavy atom. The van der Waals surface area contributed by atoms with Crippen LogP contribution in [0.25, 0.3) is 0 Å². The molecular formula is C10H8BrN3S. The third-order valence-electron chi connectivity index (χ3n) is 1.74. The molecule has 0 saturated heterocycles. The van der Waals surface area contributed by atoms with E-state index in [4.69, 9.17) is 5.73 Å². The van der Waals surface area contributed by atoms with E-state index < -0.39 is 0 Å². The van der Waals surface area contributed by atoms with Gasteiger partial charge in [0.05, 0.1) is 0 Å². The molecule has 0 bridgehead atoms. The van der Waals surface area contributed by atoms with Crippen molar-refractivity contribution in [2.24, 2.45) is 0 Å². The van der Waals surface area contributed by atoms with Gasteiger partial charge in [-0.2, -0.15) is 0 Å². The summed E-state index contributed by atoms with van der Waals surface area (Å²) in [4.78, 5) is 8.98. The van der Waals surface area contributed by atoms with Crippen LogP contribution < -0.4 is 5.73 Å². The van der Waals surface area contributed by atoms with Crippen LogP contribution in [0.5, 0.6) is 0 Å². The number of hydrogen-bond acceptors (Lipinski definition) is 4. The van der Waals surface area contributed by atoms with Crippen LogP contribution in [-0.4, -0.2) is 9.97 Å². The summed E-state index contributed by atoms with van der Waals surface area (Å²) in [6, 6.07) is 7.65. The van der Waals surface area contributed by atoms with Crippen molar-refractivity contribution in [2.45, 2.75) is 9.92 Å². The maximum Gasteiger partial charge on any atom is 0.116 e. The first-order valence-corrected chi connectivity index (χ1v) is 5.85. The number of aromatic nitrogens is 2. The molecule has 0 aliphatic rings. The third kappa shape index (κ3) is 2.70. The minimum Gasteiger partial charge on any atom is -0.398 e. The van der Waals surface area contributed by atoms with E-state index in [0.29, 0.717) is 0 Å². The van der Waals surface area contributed by atoms with Gasteiger partial charge in [-0.3, -0.25) is 0 Å². The Balaban J connectivity index is 2.25. The summed E-state index contributed by atoms with van der Waals surface area (Å²) in [6.07, 6.45) is 3.24. The molecule has 2 rings (SSSR count). The van der Waals surface area contributed by atoms with Crippen molar-refractivity contribution in [3.05, 3.63) is 41.3 Å². The van der Waals surface area contributed by atoms with Crippen molar-refractivity contribution in [3.8, 4) is 0 Å². The Bertz CT molecular complexity index is 461. The van der Waals surface area contributed by atoms with E-state index >= 15 is 0 Å². The molecule has 0 amide bonds. The summed E-state index contributed by atoms with van der Waals surface area (Å²) >= 11 is 4.89. The fraction of sp³-hybridized carbons (Fsp3) is 0. The second-order valence-electron chi connectivity index (χ2n) is 2.83. The number of hydrogen-bond donors (Lipinski definition) is 1. The van der Waals surface area contributed by atoms with Crippen LogP contribution in [0.2, 0.25) is 0 Å². The molecule has 0 spiro atoms. The summed E-state index contributed by atoms with van der Waals surface area (Å²) in [5, 5.41) is 0.888. The van der Waals surface area contributed by atoms with Crippen molar-refractivity contribution >= 4 is 33.4 Å². The van der Waals surface area contributed by atoms with Crippen LogP contribution in [-0.2, 0) is 0 Å². The average Bonchev–Trinajstić information content (AvgIpc) is 2.24. The molecule has 76 valence electrons. The van der Waals surface area contributed by atoms with E-state index in [1.807, 2.05) is 24.3 Å². The van der Waals surface area contributed by atoms with Gasteiger partial charge in [0.1, 0.15) is 11.4 Å². The Labute approximate surface area is 100 Å². The normalized spacial score (nSPS) is 10.2. The van der Waals surface area contributed by atoms with Crippen LogP contribution in [0.15, 0.2) is 51.2 Å². The molecule has 0 aliphatic heterocycles. The molecule has 0 aliphatic carbocycles. The first kappa shape index (κ1) is 10.4. The number of nitrogen functional groups attached to an aromatic ring is 1. The summed E-state index contributed by atoms with van der Waals surface area (Å²) in [7, 11) is 0. The van der Waals surface area contributed by atoms with E-state index in [0.717, 1.165) is 20.1 Å². The van der Waals surface area contributed by atoms with Gasteiger partial charge in [-0.25, -0.2) is 9.97 Å². The van der Waals surface area contributed by atoms with Crippen molar-refractivity contribution in [3.63, 3.8) is 0 Å². The largest absolute Gasteiger partial charge is 0.398 e.